The molecule has 17 heteroatoms. The molecule has 16 nitrogen and oxygen atoms in total. The number of nitriles is 1. The SMILES string of the molecule is CC[C@@H]1C(=O)N(C)c2cnc(N(c3ccccc3OCCOCCOCCOC3CCN(c4ccc(C(N)=O)cn4)CC3)C3C(C)(C)C(Oc4ccc(C#N)c(Cl)c4)C3(C)C)nc2N1C1CCCC1. The van der Waals surface area contributed by atoms with Gasteiger partial charge < -0.3 is 49.0 Å². The van der Waals surface area contributed by atoms with Crippen LogP contribution in [0, 0.1) is 22.2 Å². The molecule has 368 valence electrons. The number of hydrogen-bond donors (Lipinski definition) is 1. The summed E-state index contributed by atoms with van der Waals surface area (Å²) in [4.78, 5) is 48.5. The Hall–Kier alpha value is -5.73. The van der Waals surface area contributed by atoms with Crippen LogP contribution in [-0.2, 0) is 19.0 Å². The van der Waals surface area contributed by atoms with Crippen molar-refractivity contribution < 1.29 is 33.3 Å². The quantitative estimate of drug-likeness (QED) is 0.0839. The number of likely N-dealkylation sites (N-methyl/N-ethyl adjacent to an activating group) is 1. The molecule has 69 heavy (non-hydrogen) atoms. The first kappa shape index (κ1) is 49.7. The number of pyridine rings is 1. The Morgan fingerprint density at radius 1 is 0.913 bits per heavy atom. The molecule has 0 spiro atoms. The maximum atomic E-state index is 13.8. The van der Waals surface area contributed by atoms with E-state index in [2.05, 4.69) is 60.4 Å². The summed E-state index contributed by atoms with van der Waals surface area (Å²) in [6.45, 7) is 14.9. The number of ether oxygens (including phenoxy) is 5. The fourth-order valence-electron chi connectivity index (χ4n) is 11.3. The minimum Gasteiger partial charge on any atom is -0.489 e. The third-order valence-electron chi connectivity index (χ3n) is 14.3. The van der Waals surface area contributed by atoms with Crippen LogP contribution in [0.15, 0.2) is 67.0 Å². The Morgan fingerprint density at radius 2 is 1.61 bits per heavy atom. The van der Waals surface area contributed by atoms with E-state index in [-0.39, 0.29) is 36.2 Å². The maximum Gasteiger partial charge on any atom is 0.250 e. The van der Waals surface area contributed by atoms with Gasteiger partial charge in [-0.25, -0.2) is 9.97 Å². The van der Waals surface area contributed by atoms with E-state index >= 15 is 0 Å². The number of benzene rings is 2. The van der Waals surface area contributed by atoms with Crippen LogP contribution in [0.5, 0.6) is 11.5 Å². The molecule has 2 amide bonds. The van der Waals surface area contributed by atoms with Crippen molar-refractivity contribution in [2.45, 2.75) is 110 Å². The Labute approximate surface area is 411 Å². The number of rotatable bonds is 20. The van der Waals surface area contributed by atoms with E-state index in [0.29, 0.717) is 85.3 Å². The van der Waals surface area contributed by atoms with Crippen molar-refractivity contribution in [3.05, 3.63) is 83.1 Å². The van der Waals surface area contributed by atoms with Crippen LogP contribution < -0.4 is 34.8 Å². The highest BCUT2D eigenvalue weighted by Crippen LogP contribution is 2.60. The van der Waals surface area contributed by atoms with Crippen LogP contribution in [-0.4, -0.2) is 117 Å². The Bertz CT molecular complexity index is 2460. The summed E-state index contributed by atoms with van der Waals surface area (Å²) >= 11 is 6.48. The van der Waals surface area contributed by atoms with Gasteiger partial charge in [0.15, 0.2) is 5.82 Å². The summed E-state index contributed by atoms with van der Waals surface area (Å²) in [5, 5.41) is 9.85. The molecule has 0 radical (unpaired) electrons. The lowest BCUT2D eigenvalue weighted by Crippen LogP contribution is -2.74. The number of piperidine rings is 1. The fourth-order valence-corrected chi connectivity index (χ4v) is 11.5. The molecule has 2 aliphatic carbocycles. The molecule has 4 heterocycles. The van der Waals surface area contributed by atoms with Crippen molar-refractivity contribution in [1.29, 1.82) is 5.26 Å². The van der Waals surface area contributed by atoms with E-state index in [4.69, 9.17) is 51.0 Å². The molecule has 3 fully saturated rings. The molecular formula is C52H66ClN9O7. The monoisotopic (exact) mass is 963 g/mol. The predicted molar refractivity (Wildman–Crippen MR) is 266 cm³/mol. The molecule has 2 aromatic carbocycles. The van der Waals surface area contributed by atoms with Crippen molar-refractivity contribution >= 4 is 52.4 Å². The van der Waals surface area contributed by atoms with E-state index in [1.807, 2.05) is 37.4 Å². The molecule has 2 aromatic heterocycles. The third kappa shape index (κ3) is 10.4. The predicted octanol–water partition coefficient (Wildman–Crippen LogP) is 8.12. The number of nitrogens with zero attached hydrogens (tertiary/aromatic N) is 8. The minimum atomic E-state index is -0.484. The zero-order valence-corrected chi connectivity index (χ0v) is 41.5. The first-order valence-electron chi connectivity index (χ1n) is 24.3. The van der Waals surface area contributed by atoms with Crippen LogP contribution in [0.1, 0.15) is 95.5 Å². The van der Waals surface area contributed by atoms with Crippen LogP contribution in [0.3, 0.4) is 0 Å². The van der Waals surface area contributed by atoms with Gasteiger partial charge >= 0.3 is 0 Å². The number of aromatic nitrogens is 3. The Balaban J connectivity index is 0.925. The van der Waals surface area contributed by atoms with Gasteiger partial charge in [0.1, 0.15) is 47.8 Å². The van der Waals surface area contributed by atoms with Crippen molar-refractivity contribution in [2.75, 3.05) is 79.4 Å². The number of anilines is 5. The molecule has 2 N–H and O–H groups in total. The lowest BCUT2D eigenvalue weighted by atomic mass is 9.48. The highest BCUT2D eigenvalue weighted by Gasteiger charge is 2.66. The summed E-state index contributed by atoms with van der Waals surface area (Å²) in [5.41, 5.74) is 6.68. The number of para-hydroxylation sites is 2. The zero-order chi connectivity index (χ0) is 48.9. The number of carbonyl (C=O) groups is 2. The van der Waals surface area contributed by atoms with Gasteiger partial charge in [-0.05, 0) is 68.5 Å². The van der Waals surface area contributed by atoms with Gasteiger partial charge in [0, 0.05) is 49.3 Å². The van der Waals surface area contributed by atoms with E-state index in [1.54, 1.807) is 35.4 Å². The van der Waals surface area contributed by atoms with Gasteiger partial charge in [0.2, 0.25) is 17.8 Å². The number of carbonyl (C=O) groups excluding carboxylic acids is 2. The fraction of sp³-hybridized carbons (Fsp3) is 0.538. The van der Waals surface area contributed by atoms with Gasteiger partial charge in [-0.2, -0.15) is 10.2 Å². The standard InChI is InChI=1S/C52H66ClN9O7/c1-7-40-47(64)59(6)42-33-57-50(58-46(42)61(40)36-12-8-9-13-36)62(48-51(2,3)49(52(48,4)5)69-38-18-16-34(31-54)39(53)30-38)41-14-10-11-15-43(41)68-29-27-66-25-24-65-26-28-67-37-20-22-60(23-21-37)44-19-17-35(32-56-44)45(55)63/h10-11,14-19,30,32-33,36-37,40,48-49H,7-9,12-13,20-29H2,1-6H3,(H2,55,63)/t40-,48?,49?/m1/s1. The van der Waals surface area contributed by atoms with Crippen LogP contribution in [0.2, 0.25) is 5.02 Å². The van der Waals surface area contributed by atoms with Crippen LogP contribution in [0.25, 0.3) is 0 Å². The average Bonchev–Trinajstić information content (AvgIpc) is 3.89. The van der Waals surface area contributed by atoms with E-state index in [1.165, 1.54) is 6.20 Å². The number of nitrogens with two attached hydrogens (primary N) is 1. The van der Waals surface area contributed by atoms with Crippen molar-refractivity contribution in [3.63, 3.8) is 0 Å². The molecule has 4 aromatic rings. The average molecular weight is 965 g/mol. The first-order valence-corrected chi connectivity index (χ1v) is 24.7. The smallest absolute Gasteiger partial charge is 0.250 e. The zero-order valence-electron chi connectivity index (χ0n) is 40.7. The molecular weight excluding hydrogens is 898 g/mol. The second-order valence-electron chi connectivity index (χ2n) is 19.6. The summed E-state index contributed by atoms with van der Waals surface area (Å²) in [6, 6.07) is 18.5. The van der Waals surface area contributed by atoms with Gasteiger partial charge in [-0.1, -0.05) is 71.2 Å². The largest absolute Gasteiger partial charge is 0.489 e. The summed E-state index contributed by atoms with van der Waals surface area (Å²) in [5.74, 6) is 2.93. The molecule has 0 bridgehead atoms. The lowest BCUT2D eigenvalue weighted by Gasteiger charge is -2.65. The molecule has 0 unspecified atom stereocenters. The highest BCUT2D eigenvalue weighted by molar-refractivity contribution is 6.31. The topological polar surface area (TPSA) is 182 Å². The molecule has 2 aliphatic heterocycles. The minimum absolute atomic E-state index is 0.0608. The Morgan fingerprint density at radius 3 is 2.26 bits per heavy atom. The van der Waals surface area contributed by atoms with Gasteiger partial charge in [-0.3, -0.25) is 9.59 Å². The molecule has 4 aliphatic rings. The number of hydrogen-bond acceptors (Lipinski definition) is 14. The summed E-state index contributed by atoms with van der Waals surface area (Å²) in [7, 11) is 1.82. The Kier molecular flexibility index (Phi) is 15.5. The van der Waals surface area contributed by atoms with Crippen molar-refractivity contribution in [3.8, 4) is 17.6 Å². The molecule has 1 saturated heterocycles. The van der Waals surface area contributed by atoms with E-state index in [9.17, 15) is 14.9 Å². The molecule has 1 atom stereocenters. The number of amides is 2. The van der Waals surface area contributed by atoms with Crippen molar-refractivity contribution in [1.82, 2.24) is 15.0 Å². The summed E-state index contributed by atoms with van der Waals surface area (Å²) < 4.78 is 31.2. The molecule has 8 rings (SSSR count). The molecule has 2 saturated carbocycles. The first-order chi connectivity index (χ1) is 33.2. The van der Waals surface area contributed by atoms with Crippen LogP contribution in [0.4, 0.5) is 29.0 Å². The van der Waals surface area contributed by atoms with Crippen molar-refractivity contribution in [2.24, 2.45) is 16.6 Å². The van der Waals surface area contributed by atoms with E-state index in [0.717, 1.165) is 68.9 Å². The number of primary amides is 1. The van der Waals surface area contributed by atoms with Gasteiger partial charge in [0.05, 0.1) is 73.2 Å². The lowest BCUT2D eigenvalue weighted by molar-refractivity contribution is -0.154. The third-order valence-corrected chi connectivity index (χ3v) is 14.6. The second kappa shape index (κ2) is 21.5. The number of halogens is 1. The highest BCUT2D eigenvalue weighted by atomic mass is 35.5. The maximum absolute atomic E-state index is 13.8. The van der Waals surface area contributed by atoms with Gasteiger partial charge in [-0.15, -0.1) is 0 Å². The normalized spacial score (nSPS) is 21.1. The van der Waals surface area contributed by atoms with E-state index < -0.39 is 16.7 Å². The summed E-state index contributed by atoms with van der Waals surface area (Å²) in [6.07, 6.45) is 9.88. The van der Waals surface area contributed by atoms with Crippen LogP contribution >= 0.6 is 11.6 Å². The second-order valence-corrected chi connectivity index (χ2v) is 20.0. The number of fused-ring (bicyclic) bond motifs is 1. The van der Waals surface area contributed by atoms with Gasteiger partial charge in [0.25, 0.3) is 0 Å².